The van der Waals surface area contributed by atoms with Crippen LogP contribution in [0.3, 0.4) is 0 Å². The summed E-state index contributed by atoms with van der Waals surface area (Å²) in [5.74, 6) is 0.529. The normalized spacial score (nSPS) is 17.4. The maximum atomic E-state index is 13.7. The van der Waals surface area contributed by atoms with E-state index in [1.807, 2.05) is 6.07 Å². The first kappa shape index (κ1) is 19.4. The highest BCUT2D eigenvalue weighted by molar-refractivity contribution is 5.89. The van der Waals surface area contributed by atoms with Gasteiger partial charge in [0.2, 0.25) is 0 Å². The minimum Gasteiger partial charge on any atom is -0.378 e. The molecule has 9 heteroatoms. The van der Waals surface area contributed by atoms with Gasteiger partial charge in [-0.3, -0.25) is 0 Å². The number of anilines is 3. The molecule has 0 saturated carbocycles. The van der Waals surface area contributed by atoms with E-state index in [4.69, 9.17) is 4.74 Å². The number of benzene rings is 1. The van der Waals surface area contributed by atoms with Gasteiger partial charge < -0.3 is 24.8 Å². The minimum atomic E-state index is -0.325. The van der Waals surface area contributed by atoms with Gasteiger partial charge in [0.15, 0.2) is 5.82 Å². The van der Waals surface area contributed by atoms with E-state index in [1.54, 1.807) is 30.2 Å². The third kappa shape index (κ3) is 4.56. The second kappa shape index (κ2) is 8.60. The molecule has 2 fully saturated rings. The summed E-state index contributed by atoms with van der Waals surface area (Å²) in [6.07, 6.45) is 1.76. The summed E-state index contributed by atoms with van der Waals surface area (Å²) in [6.45, 7) is 7.27. The average molecular weight is 400 g/mol. The van der Waals surface area contributed by atoms with Crippen molar-refractivity contribution in [2.45, 2.75) is 6.92 Å². The standard InChI is InChI=1S/C20H25FN6O2/c1-15-2-3-16(12-18(15)21)23-20(28)27-6-4-25(5-7-27)17-13-19(24-22-14-17)26-8-10-29-11-9-26/h2-3,12-14H,4-11H2,1H3,(H,23,28). The molecule has 2 aliphatic heterocycles. The number of nitrogens with zero attached hydrogens (tertiary/aromatic N) is 5. The molecule has 2 saturated heterocycles. The van der Waals surface area contributed by atoms with E-state index in [2.05, 4.69) is 25.3 Å². The van der Waals surface area contributed by atoms with E-state index in [9.17, 15) is 9.18 Å². The van der Waals surface area contributed by atoms with E-state index < -0.39 is 0 Å². The van der Waals surface area contributed by atoms with Gasteiger partial charge in [0.05, 0.1) is 25.1 Å². The molecule has 2 amide bonds. The van der Waals surface area contributed by atoms with Crippen LogP contribution >= 0.6 is 0 Å². The van der Waals surface area contributed by atoms with Gasteiger partial charge in [-0.25, -0.2) is 9.18 Å². The number of amides is 2. The van der Waals surface area contributed by atoms with Gasteiger partial charge in [0, 0.05) is 51.0 Å². The lowest BCUT2D eigenvalue weighted by molar-refractivity contribution is 0.122. The quantitative estimate of drug-likeness (QED) is 0.851. The van der Waals surface area contributed by atoms with Crippen LogP contribution in [0.4, 0.5) is 26.4 Å². The van der Waals surface area contributed by atoms with Crippen LogP contribution < -0.4 is 15.1 Å². The van der Waals surface area contributed by atoms with Crippen LogP contribution in [0.25, 0.3) is 0 Å². The summed E-state index contributed by atoms with van der Waals surface area (Å²) in [7, 11) is 0. The van der Waals surface area contributed by atoms with E-state index in [0.717, 1.165) is 24.6 Å². The maximum Gasteiger partial charge on any atom is 0.321 e. The van der Waals surface area contributed by atoms with Crippen LogP contribution in [-0.2, 0) is 4.74 Å². The lowest BCUT2D eigenvalue weighted by Crippen LogP contribution is -2.50. The topological polar surface area (TPSA) is 73.8 Å². The van der Waals surface area contributed by atoms with Crippen LogP contribution in [0, 0.1) is 12.7 Å². The Morgan fingerprint density at radius 3 is 2.55 bits per heavy atom. The molecular formula is C20H25FN6O2. The molecule has 0 aliphatic carbocycles. The lowest BCUT2D eigenvalue weighted by Gasteiger charge is -2.36. The Hall–Kier alpha value is -2.94. The lowest BCUT2D eigenvalue weighted by atomic mass is 10.2. The van der Waals surface area contributed by atoms with E-state index in [0.29, 0.717) is 50.6 Å². The van der Waals surface area contributed by atoms with Gasteiger partial charge in [0.1, 0.15) is 5.82 Å². The van der Waals surface area contributed by atoms with Crippen molar-refractivity contribution >= 4 is 23.2 Å². The average Bonchev–Trinajstić information content (AvgIpc) is 2.77. The maximum absolute atomic E-state index is 13.7. The third-order valence-electron chi connectivity index (χ3n) is 5.32. The molecule has 0 unspecified atom stereocenters. The molecule has 0 radical (unpaired) electrons. The Morgan fingerprint density at radius 2 is 1.83 bits per heavy atom. The Balaban J connectivity index is 1.34. The predicted octanol–water partition coefficient (Wildman–Crippen LogP) is 2.11. The molecule has 4 rings (SSSR count). The molecule has 1 aromatic carbocycles. The van der Waals surface area contributed by atoms with Crippen molar-refractivity contribution in [2.75, 3.05) is 67.6 Å². The highest BCUT2D eigenvalue weighted by atomic mass is 19.1. The first-order chi connectivity index (χ1) is 14.1. The zero-order valence-electron chi connectivity index (χ0n) is 16.5. The minimum absolute atomic E-state index is 0.213. The molecule has 2 aromatic rings. The van der Waals surface area contributed by atoms with Crippen molar-refractivity contribution in [2.24, 2.45) is 0 Å². The Morgan fingerprint density at radius 1 is 1.07 bits per heavy atom. The van der Waals surface area contributed by atoms with Gasteiger partial charge in [-0.05, 0) is 24.6 Å². The van der Waals surface area contributed by atoms with Crippen LogP contribution in [0.1, 0.15) is 5.56 Å². The Bertz CT molecular complexity index is 866. The fourth-order valence-corrected chi connectivity index (χ4v) is 3.51. The molecule has 1 aromatic heterocycles. The van der Waals surface area contributed by atoms with E-state index in [1.165, 1.54) is 6.07 Å². The number of carbonyl (C=O) groups is 1. The van der Waals surface area contributed by atoms with E-state index in [-0.39, 0.29) is 11.8 Å². The second-order valence-electron chi connectivity index (χ2n) is 7.24. The number of piperazine rings is 1. The molecule has 8 nitrogen and oxygen atoms in total. The van der Waals surface area contributed by atoms with Crippen molar-refractivity contribution in [1.29, 1.82) is 0 Å². The predicted molar refractivity (Wildman–Crippen MR) is 109 cm³/mol. The number of morpholine rings is 1. The molecular weight excluding hydrogens is 375 g/mol. The van der Waals surface area contributed by atoms with Gasteiger partial charge >= 0.3 is 6.03 Å². The van der Waals surface area contributed by atoms with Crippen molar-refractivity contribution in [1.82, 2.24) is 15.1 Å². The molecule has 0 atom stereocenters. The van der Waals surface area contributed by atoms with Crippen molar-refractivity contribution in [3.8, 4) is 0 Å². The SMILES string of the molecule is Cc1ccc(NC(=O)N2CCN(c3cnnc(N4CCOCC4)c3)CC2)cc1F. The molecule has 1 N–H and O–H groups in total. The summed E-state index contributed by atoms with van der Waals surface area (Å²) >= 11 is 0. The Kier molecular flexibility index (Phi) is 5.75. The Labute approximate surface area is 169 Å². The number of urea groups is 1. The third-order valence-corrected chi connectivity index (χ3v) is 5.32. The number of rotatable bonds is 3. The number of hydrogen-bond acceptors (Lipinski definition) is 6. The van der Waals surface area contributed by atoms with Crippen LogP contribution in [0.15, 0.2) is 30.5 Å². The number of nitrogens with one attached hydrogen (secondary N) is 1. The molecule has 0 spiro atoms. The first-order valence-electron chi connectivity index (χ1n) is 9.82. The van der Waals surface area contributed by atoms with Crippen LogP contribution in [0.2, 0.25) is 0 Å². The first-order valence-corrected chi connectivity index (χ1v) is 9.82. The molecule has 2 aliphatic rings. The fourth-order valence-electron chi connectivity index (χ4n) is 3.51. The van der Waals surface area contributed by atoms with Gasteiger partial charge in [0.25, 0.3) is 0 Å². The van der Waals surface area contributed by atoms with Crippen LogP contribution in [-0.4, -0.2) is 73.6 Å². The molecule has 29 heavy (non-hydrogen) atoms. The second-order valence-corrected chi connectivity index (χ2v) is 7.24. The number of hydrogen-bond donors (Lipinski definition) is 1. The zero-order valence-corrected chi connectivity index (χ0v) is 16.5. The number of aromatic nitrogens is 2. The van der Waals surface area contributed by atoms with Gasteiger partial charge in [-0.15, -0.1) is 5.10 Å². The molecule has 3 heterocycles. The highest BCUT2D eigenvalue weighted by Gasteiger charge is 2.23. The zero-order chi connectivity index (χ0) is 20.2. The molecule has 154 valence electrons. The summed E-state index contributed by atoms with van der Waals surface area (Å²) < 4.78 is 19.1. The van der Waals surface area contributed by atoms with E-state index >= 15 is 0 Å². The summed E-state index contributed by atoms with van der Waals surface area (Å²) in [5, 5.41) is 11.2. The van der Waals surface area contributed by atoms with Gasteiger partial charge in [-0.2, -0.15) is 5.10 Å². The van der Waals surface area contributed by atoms with Crippen molar-refractivity contribution < 1.29 is 13.9 Å². The smallest absolute Gasteiger partial charge is 0.321 e. The fraction of sp³-hybridized carbons (Fsp3) is 0.450. The van der Waals surface area contributed by atoms with Crippen molar-refractivity contribution in [3.05, 3.63) is 41.8 Å². The number of carbonyl (C=O) groups excluding carboxylic acids is 1. The van der Waals surface area contributed by atoms with Gasteiger partial charge in [-0.1, -0.05) is 6.07 Å². The number of halogens is 1. The molecule has 0 bridgehead atoms. The highest BCUT2D eigenvalue weighted by Crippen LogP contribution is 2.21. The number of ether oxygens (including phenoxy) is 1. The largest absolute Gasteiger partial charge is 0.378 e. The number of aryl methyl sites for hydroxylation is 1. The monoisotopic (exact) mass is 400 g/mol. The van der Waals surface area contributed by atoms with Crippen molar-refractivity contribution in [3.63, 3.8) is 0 Å². The summed E-state index contributed by atoms with van der Waals surface area (Å²) in [6, 6.07) is 6.55. The summed E-state index contributed by atoms with van der Waals surface area (Å²) in [5.41, 5.74) is 2.02. The van der Waals surface area contributed by atoms with Crippen LogP contribution in [0.5, 0.6) is 0 Å². The summed E-state index contributed by atoms with van der Waals surface area (Å²) in [4.78, 5) is 18.6.